The first-order chi connectivity index (χ1) is 14.6. The number of imidazole rings is 1. The molecular weight excluding hydrogens is 389 g/mol. The summed E-state index contributed by atoms with van der Waals surface area (Å²) in [6, 6.07) is 13.9. The van der Waals surface area contributed by atoms with Crippen molar-refractivity contribution in [3.63, 3.8) is 0 Å². The van der Waals surface area contributed by atoms with Crippen LogP contribution in [-0.4, -0.2) is 34.2 Å². The number of nitrogens with zero attached hydrogens (tertiary/aromatic N) is 2. The van der Waals surface area contributed by atoms with Gasteiger partial charge in [-0.05, 0) is 23.3 Å². The fraction of sp³-hybridized carbons (Fsp3) is 0.143. The SMILES string of the molecule is O=C(N[C@H](Cc1cnc[nH]1)C(=O)N/N=C\c1ccc(F)cc1)OCc1ccccc1. The van der Waals surface area contributed by atoms with Crippen molar-refractivity contribution in [3.8, 4) is 0 Å². The van der Waals surface area contributed by atoms with Gasteiger partial charge in [0.15, 0.2) is 0 Å². The molecule has 1 aromatic heterocycles. The summed E-state index contributed by atoms with van der Waals surface area (Å²) in [6.45, 7) is 0.0772. The third-order valence-electron chi connectivity index (χ3n) is 4.06. The van der Waals surface area contributed by atoms with Crippen LogP contribution in [0.25, 0.3) is 0 Å². The first-order valence-electron chi connectivity index (χ1n) is 9.13. The predicted octanol–water partition coefficient (Wildman–Crippen LogP) is 2.54. The van der Waals surface area contributed by atoms with Gasteiger partial charge in [0.25, 0.3) is 5.91 Å². The Morgan fingerprint density at radius 1 is 1.17 bits per heavy atom. The summed E-state index contributed by atoms with van der Waals surface area (Å²) in [5.74, 6) is -0.909. The lowest BCUT2D eigenvalue weighted by Crippen LogP contribution is -2.47. The van der Waals surface area contributed by atoms with Crippen LogP contribution in [0.4, 0.5) is 9.18 Å². The zero-order valence-electron chi connectivity index (χ0n) is 15.9. The minimum atomic E-state index is -0.945. The normalized spacial score (nSPS) is 11.8. The lowest BCUT2D eigenvalue weighted by Gasteiger charge is -2.16. The van der Waals surface area contributed by atoms with Gasteiger partial charge in [-0.2, -0.15) is 5.10 Å². The summed E-state index contributed by atoms with van der Waals surface area (Å²) in [4.78, 5) is 31.5. The van der Waals surface area contributed by atoms with Gasteiger partial charge in [-0.15, -0.1) is 0 Å². The number of rotatable bonds is 8. The van der Waals surface area contributed by atoms with E-state index in [4.69, 9.17) is 4.74 Å². The van der Waals surface area contributed by atoms with Gasteiger partial charge in [0.1, 0.15) is 18.5 Å². The molecule has 0 saturated heterocycles. The van der Waals surface area contributed by atoms with Crippen LogP contribution in [0.2, 0.25) is 0 Å². The smallest absolute Gasteiger partial charge is 0.408 e. The van der Waals surface area contributed by atoms with Gasteiger partial charge < -0.3 is 15.0 Å². The first kappa shape index (κ1) is 20.7. The number of H-pyrrole nitrogens is 1. The molecule has 0 fully saturated rings. The number of amides is 2. The van der Waals surface area contributed by atoms with E-state index < -0.39 is 18.0 Å². The summed E-state index contributed by atoms with van der Waals surface area (Å²) >= 11 is 0. The average molecular weight is 409 g/mol. The number of carbonyl (C=O) groups is 2. The third-order valence-corrected chi connectivity index (χ3v) is 4.06. The number of alkyl carbamates (subject to hydrolysis) is 1. The number of carbonyl (C=O) groups excluding carboxylic acids is 2. The highest BCUT2D eigenvalue weighted by molar-refractivity contribution is 5.87. The molecule has 0 aliphatic rings. The standard InChI is InChI=1S/C21H20FN5O3/c22-17-8-6-15(7-9-17)11-25-27-20(28)19(10-18-12-23-14-24-18)26-21(29)30-13-16-4-2-1-3-5-16/h1-9,11-12,14,19H,10,13H2,(H,23,24)(H,26,29)(H,27,28)/b25-11-/t19-/m1/s1. The molecule has 0 bridgehead atoms. The van der Waals surface area contributed by atoms with Crippen LogP contribution in [0.15, 0.2) is 72.2 Å². The Morgan fingerprint density at radius 3 is 2.63 bits per heavy atom. The zero-order valence-corrected chi connectivity index (χ0v) is 15.9. The minimum absolute atomic E-state index is 0.0772. The van der Waals surface area contributed by atoms with Crippen molar-refractivity contribution in [1.82, 2.24) is 20.7 Å². The van der Waals surface area contributed by atoms with Crippen molar-refractivity contribution in [1.29, 1.82) is 0 Å². The predicted molar refractivity (Wildman–Crippen MR) is 108 cm³/mol. The monoisotopic (exact) mass is 409 g/mol. The highest BCUT2D eigenvalue weighted by atomic mass is 19.1. The number of hydrogen-bond acceptors (Lipinski definition) is 5. The van der Waals surface area contributed by atoms with Crippen LogP contribution >= 0.6 is 0 Å². The van der Waals surface area contributed by atoms with Crippen molar-refractivity contribution >= 4 is 18.2 Å². The maximum Gasteiger partial charge on any atom is 0.408 e. The lowest BCUT2D eigenvalue weighted by atomic mass is 10.1. The second-order valence-corrected chi connectivity index (χ2v) is 6.33. The van der Waals surface area contributed by atoms with Gasteiger partial charge in [0.2, 0.25) is 0 Å². The van der Waals surface area contributed by atoms with Crippen LogP contribution in [0.3, 0.4) is 0 Å². The lowest BCUT2D eigenvalue weighted by molar-refractivity contribution is -0.123. The Morgan fingerprint density at radius 2 is 1.93 bits per heavy atom. The maximum atomic E-state index is 12.9. The Kier molecular flexibility index (Phi) is 7.26. The van der Waals surface area contributed by atoms with E-state index in [1.54, 1.807) is 6.20 Å². The minimum Gasteiger partial charge on any atom is -0.445 e. The van der Waals surface area contributed by atoms with E-state index in [2.05, 4.69) is 25.8 Å². The third kappa shape index (κ3) is 6.55. The van der Waals surface area contributed by atoms with Gasteiger partial charge in [0.05, 0.1) is 12.5 Å². The molecule has 0 aliphatic heterocycles. The second-order valence-electron chi connectivity index (χ2n) is 6.33. The molecule has 1 atom stereocenters. The van der Waals surface area contributed by atoms with Crippen molar-refractivity contribution in [2.75, 3.05) is 0 Å². The molecule has 154 valence electrons. The summed E-state index contributed by atoms with van der Waals surface area (Å²) in [5, 5.41) is 6.39. The van der Waals surface area contributed by atoms with Crippen LogP contribution in [0, 0.1) is 5.82 Å². The molecule has 0 spiro atoms. The van der Waals surface area contributed by atoms with Gasteiger partial charge in [-0.3, -0.25) is 4.79 Å². The molecule has 2 amide bonds. The van der Waals surface area contributed by atoms with Gasteiger partial charge in [0, 0.05) is 18.3 Å². The largest absolute Gasteiger partial charge is 0.445 e. The molecule has 3 N–H and O–H groups in total. The number of aromatic nitrogens is 2. The molecule has 30 heavy (non-hydrogen) atoms. The van der Waals surface area contributed by atoms with Crippen LogP contribution < -0.4 is 10.7 Å². The molecular formula is C21H20FN5O3. The van der Waals surface area contributed by atoms with E-state index in [0.717, 1.165) is 5.56 Å². The molecule has 3 rings (SSSR count). The van der Waals surface area contributed by atoms with E-state index in [-0.39, 0.29) is 18.8 Å². The summed E-state index contributed by atoms with van der Waals surface area (Å²) in [6.07, 6.45) is 3.83. The Hall–Kier alpha value is -4.01. The highest BCUT2D eigenvalue weighted by Gasteiger charge is 2.22. The fourth-order valence-corrected chi connectivity index (χ4v) is 2.53. The summed E-state index contributed by atoms with van der Waals surface area (Å²) < 4.78 is 18.1. The van der Waals surface area contributed by atoms with Crippen molar-refractivity contribution in [2.45, 2.75) is 19.1 Å². The topological polar surface area (TPSA) is 108 Å². The Labute approximate surface area is 172 Å². The number of benzene rings is 2. The van der Waals surface area contributed by atoms with Gasteiger partial charge >= 0.3 is 6.09 Å². The van der Waals surface area contributed by atoms with Crippen LogP contribution in [0.5, 0.6) is 0 Å². The number of halogens is 1. The summed E-state index contributed by atoms with van der Waals surface area (Å²) in [5.41, 5.74) is 4.46. The molecule has 2 aromatic carbocycles. The fourth-order valence-electron chi connectivity index (χ4n) is 2.53. The maximum absolute atomic E-state index is 12.9. The average Bonchev–Trinajstić information content (AvgIpc) is 3.27. The Bertz CT molecular complexity index is 976. The molecule has 0 radical (unpaired) electrons. The second kappa shape index (κ2) is 10.5. The molecule has 1 heterocycles. The van der Waals surface area contributed by atoms with E-state index in [0.29, 0.717) is 11.3 Å². The van der Waals surface area contributed by atoms with E-state index in [1.807, 2.05) is 30.3 Å². The first-order valence-corrected chi connectivity index (χ1v) is 9.13. The highest BCUT2D eigenvalue weighted by Crippen LogP contribution is 2.03. The molecule has 0 unspecified atom stereocenters. The quantitative estimate of drug-likeness (QED) is 0.392. The number of ether oxygens (including phenoxy) is 1. The van der Waals surface area contributed by atoms with E-state index in [1.165, 1.54) is 36.8 Å². The summed E-state index contributed by atoms with van der Waals surface area (Å²) in [7, 11) is 0. The number of hydrazone groups is 1. The Balaban J connectivity index is 1.58. The van der Waals surface area contributed by atoms with Crippen molar-refractivity contribution in [3.05, 3.63) is 89.8 Å². The molecule has 0 saturated carbocycles. The molecule has 0 aliphatic carbocycles. The van der Waals surface area contributed by atoms with E-state index >= 15 is 0 Å². The van der Waals surface area contributed by atoms with Crippen molar-refractivity contribution in [2.24, 2.45) is 5.10 Å². The van der Waals surface area contributed by atoms with Gasteiger partial charge in [-0.25, -0.2) is 19.6 Å². The molecule has 8 nitrogen and oxygen atoms in total. The number of hydrogen-bond donors (Lipinski definition) is 3. The zero-order chi connectivity index (χ0) is 21.2. The van der Waals surface area contributed by atoms with Gasteiger partial charge in [-0.1, -0.05) is 42.5 Å². The van der Waals surface area contributed by atoms with Crippen LogP contribution in [-0.2, 0) is 22.6 Å². The number of nitrogens with one attached hydrogen (secondary N) is 3. The molecule has 3 aromatic rings. The number of aromatic amines is 1. The molecule has 9 heteroatoms. The van der Waals surface area contributed by atoms with E-state index in [9.17, 15) is 14.0 Å². The van der Waals surface area contributed by atoms with Crippen molar-refractivity contribution < 1.29 is 18.7 Å². The van der Waals surface area contributed by atoms with Crippen LogP contribution in [0.1, 0.15) is 16.8 Å².